The third kappa shape index (κ3) is 5.61. The molecule has 0 aromatic carbocycles. The maximum absolute atomic E-state index is 12.1. The predicted octanol–water partition coefficient (Wildman–Crippen LogP) is 1.33. The van der Waals surface area contributed by atoms with Gasteiger partial charge in [-0.15, -0.1) is 0 Å². The lowest BCUT2D eigenvalue weighted by Crippen LogP contribution is -2.53. The second kappa shape index (κ2) is 8.49. The summed E-state index contributed by atoms with van der Waals surface area (Å²) in [5.41, 5.74) is 0. The third-order valence-electron chi connectivity index (χ3n) is 3.45. The highest BCUT2D eigenvalue weighted by Crippen LogP contribution is 2.17. The predicted molar refractivity (Wildman–Crippen MR) is 80.4 cm³/mol. The molecular formula is C14H27N4O3+. The summed E-state index contributed by atoms with van der Waals surface area (Å²) in [6, 6.07) is -0.0724. The standard InChI is InChI=1S/C14H26N4O3/c1-5-21-14(20)18(4)13(17(2)3)16-12(19)15-11-9-7-6-8-10-11/h11H,5-10H2,1-4H3,(H,15,19)/p+1. The Morgan fingerprint density at radius 2 is 1.86 bits per heavy atom. The Labute approximate surface area is 126 Å². The molecule has 1 saturated carbocycles. The minimum absolute atomic E-state index is 0.218. The maximum atomic E-state index is 12.1. The Bertz CT molecular complexity index is 399. The average Bonchev–Trinajstić information content (AvgIpc) is 2.45. The number of amides is 3. The summed E-state index contributed by atoms with van der Waals surface area (Å²) in [6.07, 6.45) is 5.06. The van der Waals surface area contributed by atoms with Gasteiger partial charge in [0, 0.05) is 6.04 Å². The Hall–Kier alpha value is -1.79. The number of urea groups is 1. The smallest absolute Gasteiger partial charge is 0.438 e. The molecule has 1 rings (SSSR count). The van der Waals surface area contributed by atoms with Gasteiger partial charge in [-0.3, -0.25) is 4.58 Å². The Morgan fingerprint density at radius 1 is 1.24 bits per heavy atom. The van der Waals surface area contributed by atoms with Crippen molar-refractivity contribution in [1.82, 2.24) is 15.5 Å². The van der Waals surface area contributed by atoms with E-state index in [9.17, 15) is 9.59 Å². The van der Waals surface area contributed by atoms with Crippen LogP contribution in [0.1, 0.15) is 39.0 Å². The average molecular weight is 299 g/mol. The van der Waals surface area contributed by atoms with E-state index in [1.165, 1.54) is 11.3 Å². The number of guanidine groups is 1. The number of hydrogen-bond acceptors (Lipinski definition) is 3. The van der Waals surface area contributed by atoms with Crippen LogP contribution in [0.4, 0.5) is 9.59 Å². The summed E-state index contributed by atoms with van der Waals surface area (Å²) in [6.45, 7) is 2.03. The van der Waals surface area contributed by atoms with Crippen molar-refractivity contribution in [2.24, 2.45) is 0 Å². The van der Waals surface area contributed by atoms with Gasteiger partial charge in [-0.2, -0.15) is 10.2 Å². The molecule has 0 bridgehead atoms. The Kier molecular flexibility index (Phi) is 6.98. The molecule has 0 saturated heterocycles. The Balaban J connectivity index is 2.59. The zero-order chi connectivity index (χ0) is 15.8. The number of rotatable bonds is 2. The molecule has 0 radical (unpaired) electrons. The molecule has 0 spiro atoms. The van der Waals surface area contributed by atoms with Crippen LogP contribution in [0, 0.1) is 0 Å². The van der Waals surface area contributed by atoms with E-state index in [0.29, 0.717) is 5.96 Å². The molecule has 0 atom stereocenters. The number of ether oxygens (including phenoxy) is 1. The van der Waals surface area contributed by atoms with Crippen LogP contribution < -0.4 is 10.6 Å². The molecule has 7 heteroatoms. The van der Waals surface area contributed by atoms with E-state index in [-0.39, 0.29) is 18.7 Å². The first-order valence-electron chi connectivity index (χ1n) is 7.48. The van der Waals surface area contributed by atoms with Gasteiger partial charge in [0.25, 0.3) is 0 Å². The summed E-state index contributed by atoms with van der Waals surface area (Å²) >= 11 is 0. The van der Waals surface area contributed by atoms with Crippen molar-refractivity contribution in [3.05, 3.63) is 0 Å². The summed E-state index contributed by atoms with van der Waals surface area (Å²) in [5, 5.41) is 5.67. The van der Waals surface area contributed by atoms with E-state index in [4.69, 9.17) is 4.74 Å². The fourth-order valence-electron chi connectivity index (χ4n) is 2.37. The van der Waals surface area contributed by atoms with Crippen molar-refractivity contribution in [1.29, 1.82) is 0 Å². The van der Waals surface area contributed by atoms with Crippen LogP contribution in [0.15, 0.2) is 0 Å². The lowest BCUT2D eigenvalue weighted by atomic mass is 9.96. The Morgan fingerprint density at radius 3 is 2.38 bits per heavy atom. The topological polar surface area (TPSA) is 73.7 Å². The van der Waals surface area contributed by atoms with Gasteiger partial charge in [-0.05, 0) is 19.8 Å². The molecule has 3 amide bonds. The third-order valence-corrected chi connectivity index (χ3v) is 3.45. The zero-order valence-corrected chi connectivity index (χ0v) is 13.4. The lowest BCUT2D eigenvalue weighted by molar-refractivity contribution is -0.471. The number of carbonyl (C=O) groups is 2. The minimum Gasteiger partial charge on any atom is -0.438 e. The van der Waals surface area contributed by atoms with Crippen molar-refractivity contribution >= 4 is 18.1 Å². The molecule has 2 N–H and O–H groups in total. The number of nitrogens with zero attached hydrogens (tertiary/aromatic N) is 2. The first kappa shape index (κ1) is 17.3. The van der Waals surface area contributed by atoms with Crippen LogP contribution >= 0.6 is 0 Å². The van der Waals surface area contributed by atoms with Crippen molar-refractivity contribution in [2.45, 2.75) is 45.1 Å². The molecule has 1 aliphatic rings. The quantitative estimate of drug-likeness (QED) is 0.459. The molecule has 0 unspecified atom stereocenters. The van der Waals surface area contributed by atoms with Crippen molar-refractivity contribution in [3.8, 4) is 0 Å². The van der Waals surface area contributed by atoms with Crippen molar-refractivity contribution < 1.29 is 18.9 Å². The molecule has 0 aromatic rings. The second-order valence-electron chi connectivity index (χ2n) is 5.41. The van der Waals surface area contributed by atoms with Gasteiger partial charge in [0.15, 0.2) is 0 Å². The van der Waals surface area contributed by atoms with Crippen molar-refractivity contribution in [3.63, 3.8) is 0 Å². The number of carbonyl (C=O) groups excluding carboxylic acids is 2. The highest BCUT2D eigenvalue weighted by molar-refractivity contribution is 6.00. The molecule has 0 aromatic heterocycles. The highest BCUT2D eigenvalue weighted by atomic mass is 16.6. The monoisotopic (exact) mass is 299 g/mol. The maximum Gasteiger partial charge on any atom is 0.478 e. The largest absolute Gasteiger partial charge is 0.478 e. The molecule has 120 valence electrons. The van der Waals surface area contributed by atoms with Crippen LogP contribution in [0.3, 0.4) is 0 Å². The van der Waals surface area contributed by atoms with E-state index >= 15 is 0 Å². The lowest BCUT2D eigenvalue weighted by Gasteiger charge is -2.22. The first-order chi connectivity index (χ1) is 9.95. The minimum atomic E-state index is -0.501. The molecule has 1 aliphatic carbocycles. The van der Waals surface area contributed by atoms with Crippen LogP contribution in [0.5, 0.6) is 0 Å². The van der Waals surface area contributed by atoms with Gasteiger partial charge in [0.05, 0.1) is 27.7 Å². The molecule has 1 fully saturated rings. The summed E-state index contributed by atoms with van der Waals surface area (Å²) in [4.78, 5) is 25.1. The van der Waals surface area contributed by atoms with Crippen LogP contribution in [0.25, 0.3) is 0 Å². The summed E-state index contributed by atoms with van der Waals surface area (Å²) in [7, 11) is 5.08. The number of hydrogen-bond donors (Lipinski definition) is 2. The van der Waals surface area contributed by atoms with Gasteiger partial charge < -0.3 is 10.1 Å². The molecule has 21 heavy (non-hydrogen) atoms. The fourth-order valence-corrected chi connectivity index (χ4v) is 2.37. The fraction of sp³-hybridized carbons (Fsp3) is 0.786. The van der Waals surface area contributed by atoms with E-state index < -0.39 is 6.09 Å². The van der Waals surface area contributed by atoms with Gasteiger partial charge in [-0.1, -0.05) is 19.3 Å². The SMILES string of the molecule is CCOC(=O)N(C)C(NC(=O)NC1CCCCC1)=[N+](C)C. The van der Waals surface area contributed by atoms with Gasteiger partial charge >= 0.3 is 18.1 Å². The molecule has 0 heterocycles. The van der Waals surface area contributed by atoms with Gasteiger partial charge in [0.1, 0.15) is 0 Å². The zero-order valence-electron chi connectivity index (χ0n) is 13.4. The molecule has 0 aliphatic heterocycles. The van der Waals surface area contributed by atoms with Gasteiger partial charge in [-0.25, -0.2) is 9.59 Å². The van der Waals surface area contributed by atoms with Gasteiger partial charge in [0.2, 0.25) is 0 Å². The van der Waals surface area contributed by atoms with E-state index in [0.717, 1.165) is 25.7 Å². The molecular weight excluding hydrogens is 272 g/mol. The van der Waals surface area contributed by atoms with E-state index in [1.807, 2.05) is 0 Å². The highest BCUT2D eigenvalue weighted by Gasteiger charge is 2.28. The van der Waals surface area contributed by atoms with E-state index in [1.54, 1.807) is 32.6 Å². The normalized spacial score (nSPS) is 15.0. The van der Waals surface area contributed by atoms with Crippen LogP contribution in [-0.2, 0) is 4.74 Å². The summed E-state index contributed by atoms with van der Waals surface area (Å²) < 4.78 is 6.60. The summed E-state index contributed by atoms with van der Waals surface area (Å²) in [5.74, 6) is 0.377. The first-order valence-corrected chi connectivity index (χ1v) is 7.48. The van der Waals surface area contributed by atoms with E-state index in [2.05, 4.69) is 10.6 Å². The number of nitrogens with one attached hydrogen (secondary N) is 2. The van der Waals surface area contributed by atoms with Crippen LogP contribution in [0.2, 0.25) is 0 Å². The molecule has 7 nitrogen and oxygen atoms in total. The second-order valence-corrected chi connectivity index (χ2v) is 5.41. The van der Waals surface area contributed by atoms with Crippen molar-refractivity contribution in [2.75, 3.05) is 27.7 Å². The van der Waals surface area contributed by atoms with Crippen LogP contribution in [-0.4, -0.2) is 61.4 Å².